The summed E-state index contributed by atoms with van der Waals surface area (Å²) in [7, 11) is 0. The van der Waals surface area contributed by atoms with E-state index in [4.69, 9.17) is 9.47 Å². The largest absolute Gasteiger partial charge is 0.496 e. The van der Waals surface area contributed by atoms with Crippen molar-refractivity contribution < 1.29 is 29.3 Å². The summed E-state index contributed by atoms with van der Waals surface area (Å²) < 4.78 is 10.6. The highest BCUT2D eigenvalue weighted by Crippen LogP contribution is 2.33. The summed E-state index contributed by atoms with van der Waals surface area (Å²) >= 11 is 0. The molecule has 1 heterocycles. The van der Waals surface area contributed by atoms with Gasteiger partial charge >= 0.3 is 5.97 Å². The van der Waals surface area contributed by atoms with E-state index in [0.717, 1.165) is 17.5 Å². The number of aliphatic hydroxyl groups is 2. The molecule has 3 unspecified atom stereocenters. The summed E-state index contributed by atoms with van der Waals surface area (Å²) in [5.41, 5.74) is 2.88. The smallest absolute Gasteiger partial charge is 0.333 e. The highest BCUT2D eigenvalue weighted by atomic mass is 16.5. The number of benzene rings is 1. The van der Waals surface area contributed by atoms with Gasteiger partial charge in [-0.25, -0.2) is 4.79 Å². The second kappa shape index (κ2) is 13.7. The predicted octanol–water partition coefficient (Wildman–Crippen LogP) is 3.43. The van der Waals surface area contributed by atoms with Gasteiger partial charge in [-0.15, -0.1) is 6.58 Å². The van der Waals surface area contributed by atoms with Crippen LogP contribution in [0.2, 0.25) is 0 Å². The lowest BCUT2D eigenvalue weighted by Crippen LogP contribution is -2.47. The number of rotatable bonds is 13. The molecular weight excluding hydrogens is 446 g/mol. The van der Waals surface area contributed by atoms with E-state index in [1.807, 2.05) is 36.4 Å². The molecule has 0 bridgehead atoms. The first-order valence-corrected chi connectivity index (χ1v) is 11.9. The number of ether oxygens (including phenoxy) is 2. The summed E-state index contributed by atoms with van der Waals surface area (Å²) in [6, 6.07) is 7.51. The lowest BCUT2D eigenvalue weighted by molar-refractivity contribution is -0.142. The van der Waals surface area contributed by atoms with Gasteiger partial charge in [0.2, 0.25) is 0 Å². The Bertz CT molecular complexity index is 979. The highest BCUT2D eigenvalue weighted by molar-refractivity contribution is 6.20. The number of hydrogen-bond donors (Lipinski definition) is 2. The summed E-state index contributed by atoms with van der Waals surface area (Å²) in [5.74, 6) is -0.345. The Morgan fingerprint density at radius 3 is 2.54 bits per heavy atom. The van der Waals surface area contributed by atoms with E-state index >= 15 is 0 Å². The maximum Gasteiger partial charge on any atom is 0.333 e. The molecule has 7 heteroatoms. The van der Waals surface area contributed by atoms with Crippen molar-refractivity contribution in [3.63, 3.8) is 0 Å². The van der Waals surface area contributed by atoms with Crippen molar-refractivity contribution in [2.24, 2.45) is 5.92 Å². The molecule has 1 aliphatic rings. The molecule has 0 aliphatic carbocycles. The van der Waals surface area contributed by atoms with Crippen molar-refractivity contribution in [2.45, 2.75) is 45.8 Å². The van der Waals surface area contributed by atoms with Gasteiger partial charge in [-0.2, -0.15) is 0 Å². The number of amides is 1. The second-order valence-electron chi connectivity index (χ2n) is 8.59. The fourth-order valence-corrected chi connectivity index (χ4v) is 3.92. The molecule has 1 amide bonds. The summed E-state index contributed by atoms with van der Waals surface area (Å²) in [6.07, 6.45) is 5.80. The van der Waals surface area contributed by atoms with Crippen molar-refractivity contribution in [3.8, 4) is 0 Å². The molecule has 1 aromatic carbocycles. The van der Waals surface area contributed by atoms with Gasteiger partial charge in [-0.1, -0.05) is 49.9 Å². The minimum atomic E-state index is -1.01. The first-order valence-electron chi connectivity index (χ1n) is 11.9. The molecule has 3 atom stereocenters. The third-order valence-corrected chi connectivity index (χ3v) is 5.79. The van der Waals surface area contributed by atoms with Gasteiger partial charge in [0.25, 0.3) is 5.91 Å². The topological polar surface area (TPSA) is 96.3 Å². The average Bonchev–Trinajstić information content (AvgIpc) is 2.85. The van der Waals surface area contributed by atoms with Crippen LogP contribution in [0.25, 0.3) is 5.57 Å². The normalized spacial score (nSPS) is 19.1. The molecule has 190 valence electrons. The van der Waals surface area contributed by atoms with Crippen LogP contribution in [0.3, 0.4) is 0 Å². The number of carbonyl (C=O) groups is 2. The molecule has 1 aliphatic heterocycles. The lowest BCUT2D eigenvalue weighted by Gasteiger charge is -2.38. The first-order chi connectivity index (χ1) is 16.7. The minimum absolute atomic E-state index is 0.0336. The maximum absolute atomic E-state index is 13.6. The average molecular weight is 484 g/mol. The molecule has 0 saturated heterocycles. The van der Waals surface area contributed by atoms with Crippen molar-refractivity contribution in [2.75, 3.05) is 26.4 Å². The predicted molar refractivity (Wildman–Crippen MR) is 136 cm³/mol. The van der Waals surface area contributed by atoms with Gasteiger partial charge in [0.1, 0.15) is 19.3 Å². The number of allylic oxidation sites excluding steroid dienone is 1. The maximum atomic E-state index is 13.6. The van der Waals surface area contributed by atoms with Gasteiger partial charge in [-0.3, -0.25) is 4.79 Å². The molecule has 2 rings (SSSR count). The molecule has 0 radical (unpaired) electrons. The van der Waals surface area contributed by atoms with Crippen LogP contribution in [0.5, 0.6) is 0 Å². The Hall–Kier alpha value is -3.16. The molecule has 7 nitrogen and oxygen atoms in total. The fourth-order valence-electron chi connectivity index (χ4n) is 3.92. The summed E-state index contributed by atoms with van der Waals surface area (Å²) in [6.45, 7) is 12.9. The van der Waals surface area contributed by atoms with Gasteiger partial charge in [0.05, 0.1) is 11.8 Å². The van der Waals surface area contributed by atoms with Gasteiger partial charge in [-0.05, 0) is 43.9 Å². The fraction of sp³-hybridized carbons (Fsp3) is 0.429. The molecule has 35 heavy (non-hydrogen) atoms. The number of aliphatic hydroxyl groups excluding tert-OH is 2. The number of hydrogen-bond acceptors (Lipinski definition) is 6. The van der Waals surface area contributed by atoms with Crippen LogP contribution in [-0.2, 0) is 25.5 Å². The number of nitrogens with zero attached hydrogens (tertiary/aromatic N) is 1. The Balaban J connectivity index is 2.25. The second-order valence-corrected chi connectivity index (χ2v) is 8.59. The van der Waals surface area contributed by atoms with Gasteiger partial charge in [0.15, 0.2) is 0 Å². The summed E-state index contributed by atoms with van der Waals surface area (Å²) in [5, 5.41) is 19.5. The molecular formula is C28H37NO6. The Kier molecular flexibility index (Phi) is 11.0. The van der Waals surface area contributed by atoms with E-state index in [-0.39, 0.29) is 43.3 Å². The van der Waals surface area contributed by atoms with Crippen LogP contribution < -0.4 is 0 Å². The van der Waals surface area contributed by atoms with Crippen LogP contribution >= 0.6 is 0 Å². The zero-order chi connectivity index (χ0) is 26.0. The molecule has 0 saturated carbocycles. The molecule has 1 aromatic rings. The molecule has 0 aromatic heterocycles. The minimum Gasteiger partial charge on any atom is -0.496 e. The van der Waals surface area contributed by atoms with Crippen molar-refractivity contribution in [1.82, 2.24) is 4.90 Å². The third-order valence-electron chi connectivity index (χ3n) is 5.79. The Labute approximate surface area is 208 Å². The van der Waals surface area contributed by atoms with Gasteiger partial charge < -0.3 is 24.6 Å². The number of carbonyl (C=O) groups excluding carboxylic acids is 2. The van der Waals surface area contributed by atoms with Crippen LogP contribution in [0, 0.1) is 5.92 Å². The van der Waals surface area contributed by atoms with Crippen LogP contribution in [-0.4, -0.2) is 65.5 Å². The van der Waals surface area contributed by atoms with Crippen LogP contribution in [0.1, 0.15) is 38.3 Å². The number of esters is 1. The van der Waals surface area contributed by atoms with Crippen molar-refractivity contribution in [1.29, 1.82) is 0 Å². The van der Waals surface area contributed by atoms with E-state index in [2.05, 4.69) is 20.1 Å². The molecule has 0 spiro atoms. The van der Waals surface area contributed by atoms with Crippen molar-refractivity contribution in [3.05, 3.63) is 78.1 Å². The van der Waals surface area contributed by atoms with Crippen molar-refractivity contribution >= 4 is 17.4 Å². The number of aryl methyl sites for hydroxylation is 1. The SMILES string of the molecule is C=CC1C=C(c2ccccc2CC)C(=O)N(CCCO)C1/C=C(\C)OCC(O)COC(=O)C(=C)C. The van der Waals surface area contributed by atoms with E-state index in [1.165, 1.54) is 6.92 Å². The van der Waals surface area contributed by atoms with E-state index in [0.29, 0.717) is 24.3 Å². The van der Waals surface area contributed by atoms with E-state index < -0.39 is 12.1 Å². The quantitative estimate of drug-likeness (QED) is 0.193. The standard InChI is InChI=1S/C28H37NO6/c1-6-21-11-8-9-12-24(21)25-16-22(7-2)26(29(27(25)32)13-10-14-30)15-20(5)34-17-23(31)18-35-28(33)19(3)4/h7-9,11-12,15-16,22-23,26,30-31H,2-3,6,10,13-14,17-18H2,1,4-5H3/b20-15+. The highest BCUT2D eigenvalue weighted by Gasteiger charge is 2.35. The summed E-state index contributed by atoms with van der Waals surface area (Å²) in [4.78, 5) is 26.8. The monoisotopic (exact) mass is 483 g/mol. The Morgan fingerprint density at radius 2 is 1.91 bits per heavy atom. The third kappa shape index (κ3) is 7.67. The van der Waals surface area contributed by atoms with Gasteiger partial charge in [0, 0.05) is 30.2 Å². The molecule has 2 N–H and O–H groups in total. The van der Waals surface area contributed by atoms with Crippen LogP contribution in [0.15, 0.2) is 67.0 Å². The van der Waals surface area contributed by atoms with E-state index in [9.17, 15) is 19.8 Å². The zero-order valence-corrected chi connectivity index (χ0v) is 20.9. The lowest BCUT2D eigenvalue weighted by atomic mass is 9.85. The molecule has 0 fully saturated rings. The zero-order valence-electron chi connectivity index (χ0n) is 20.9. The first kappa shape index (κ1) is 28.1. The Morgan fingerprint density at radius 1 is 1.23 bits per heavy atom. The van der Waals surface area contributed by atoms with E-state index in [1.54, 1.807) is 17.9 Å². The van der Waals surface area contributed by atoms with Crippen LogP contribution in [0.4, 0.5) is 0 Å².